The number of nitrogens with zero attached hydrogens (tertiary/aromatic N) is 2. The van der Waals surface area contributed by atoms with Crippen LogP contribution in [-0.4, -0.2) is 21.6 Å². The van der Waals surface area contributed by atoms with E-state index in [1.165, 1.54) is 0 Å². The van der Waals surface area contributed by atoms with Crippen LogP contribution in [0.2, 0.25) is 0 Å². The van der Waals surface area contributed by atoms with Crippen molar-refractivity contribution in [2.75, 3.05) is 7.11 Å². The molecule has 0 saturated carbocycles. The fraction of sp³-hybridized carbons (Fsp3) is 0.188. The smallest absolute Gasteiger partial charge is 0.137 e. The van der Waals surface area contributed by atoms with E-state index in [0.717, 1.165) is 33.8 Å². The number of hydrogen-bond acceptors (Lipinski definition) is 3. The van der Waals surface area contributed by atoms with Crippen LogP contribution in [0.4, 0.5) is 0 Å². The lowest BCUT2D eigenvalue weighted by Crippen LogP contribution is -1.88. The molecular weight excluding hydrogens is 252 g/mol. The van der Waals surface area contributed by atoms with E-state index < -0.39 is 0 Å². The van der Waals surface area contributed by atoms with Crippen LogP contribution in [0, 0.1) is 6.92 Å². The maximum atomic E-state index is 9.18. The third kappa shape index (κ3) is 2.14. The fourth-order valence-electron chi connectivity index (χ4n) is 2.31. The molecule has 0 amide bonds. The van der Waals surface area contributed by atoms with Crippen molar-refractivity contribution in [2.45, 2.75) is 13.5 Å². The van der Waals surface area contributed by atoms with Gasteiger partial charge in [-0.05, 0) is 42.3 Å². The topological polar surface area (TPSA) is 46.8 Å². The van der Waals surface area contributed by atoms with E-state index in [-0.39, 0.29) is 6.61 Å². The summed E-state index contributed by atoms with van der Waals surface area (Å²) in [7, 11) is 1.66. The maximum absolute atomic E-state index is 9.18. The summed E-state index contributed by atoms with van der Waals surface area (Å²) in [5.41, 5.74) is 4.86. The normalized spacial score (nSPS) is 10.9. The quantitative estimate of drug-likeness (QED) is 0.794. The lowest BCUT2D eigenvalue weighted by atomic mass is 10.1. The van der Waals surface area contributed by atoms with Crippen LogP contribution in [0.5, 0.6) is 5.75 Å². The highest BCUT2D eigenvalue weighted by atomic mass is 16.5. The van der Waals surface area contributed by atoms with Gasteiger partial charge in [0.15, 0.2) is 0 Å². The Bertz CT molecular complexity index is 762. The number of fused-ring (bicyclic) bond motifs is 1. The molecule has 0 aliphatic carbocycles. The number of imidazole rings is 1. The van der Waals surface area contributed by atoms with Gasteiger partial charge in [0.25, 0.3) is 0 Å². The van der Waals surface area contributed by atoms with Crippen molar-refractivity contribution in [3.63, 3.8) is 0 Å². The van der Waals surface area contributed by atoms with E-state index in [4.69, 9.17) is 4.74 Å². The number of rotatable bonds is 3. The molecule has 0 unspecified atom stereocenters. The molecule has 0 saturated heterocycles. The second-order valence-electron chi connectivity index (χ2n) is 4.77. The Balaban J connectivity index is 2.10. The number of aromatic nitrogens is 2. The van der Waals surface area contributed by atoms with Crippen LogP contribution in [0.1, 0.15) is 11.1 Å². The highest BCUT2D eigenvalue weighted by molar-refractivity contribution is 5.67. The Morgan fingerprint density at radius 2 is 2.05 bits per heavy atom. The number of aliphatic hydroxyl groups excluding tert-OH is 1. The third-order valence-electron chi connectivity index (χ3n) is 3.40. The van der Waals surface area contributed by atoms with Gasteiger partial charge in [0.2, 0.25) is 0 Å². The van der Waals surface area contributed by atoms with Crippen molar-refractivity contribution in [3.8, 4) is 17.0 Å². The highest BCUT2D eigenvalue weighted by Crippen LogP contribution is 2.26. The summed E-state index contributed by atoms with van der Waals surface area (Å²) in [5, 5.41) is 9.18. The molecule has 20 heavy (non-hydrogen) atoms. The standard InChI is InChI=1S/C16H16N2O2/c1-11-7-13(20-2)4-5-14(11)15-9-18-8-12(10-19)3-6-16(18)17-15/h3-9,19H,10H2,1-2H3. The van der Waals surface area contributed by atoms with Crippen LogP contribution < -0.4 is 4.74 Å². The Hall–Kier alpha value is -2.33. The van der Waals surface area contributed by atoms with Gasteiger partial charge < -0.3 is 14.2 Å². The van der Waals surface area contributed by atoms with Gasteiger partial charge in [-0.1, -0.05) is 6.07 Å². The molecule has 3 rings (SSSR count). The van der Waals surface area contributed by atoms with Crippen molar-refractivity contribution < 1.29 is 9.84 Å². The number of pyridine rings is 1. The van der Waals surface area contributed by atoms with Crippen molar-refractivity contribution >= 4 is 5.65 Å². The molecular formula is C16H16N2O2. The van der Waals surface area contributed by atoms with Crippen LogP contribution in [0.3, 0.4) is 0 Å². The zero-order valence-corrected chi connectivity index (χ0v) is 11.5. The molecule has 1 aromatic carbocycles. The zero-order valence-electron chi connectivity index (χ0n) is 11.5. The number of methoxy groups -OCH3 is 1. The number of benzene rings is 1. The number of aryl methyl sites for hydroxylation is 1. The molecule has 1 N–H and O–H groups in total. The molecule has 4 heteroatoms. The molecule has 0 aliphatic rings. The Labute approximate surface area is 117 Å². The van der Waals surface area contributed by atoms with Crippen molar-refractivity contribution in [3.05, 3.63) is 53.9 Å². The first-order chi connectivity index (χ1) is 9.71. The fourth-order valence-corrected chi connectivity index (χ4v) is 2.31. The summed E-state index contributed by atoms with van der Waals surface area (Å²) in [5.74, 6) is 0.845. The summed E-state index contributed by atoms with van der Waals surface area (Å²) < 4.78 is 7.16. The maximum Gasteiger partial charge on any atom is 0.137 e. The van der Waals surface area contributed by atoms with Crippen LogP contribution >= 0.6 is 0 Å². The van der Waals surface area contributed by atoms with Gasteiger partial charge in [-0.2, -0.15) is 0 Å². The van der Waals surface area contributed by atoms with Crippen LogP contribution in [0.25, 0.3) is 16.9 Å². The first-order valence-corrected chi connectivity index (χ1v) is 6.45. The summed E-state index contributed by atoms with van der Waals surface area (Å²) >= 11 is 0. The average Bonchev–Trinajstić information content (AvgIpc) is 2.89. The van der Waals surface area contributed by atoms with Gasteiger partial charge in [0.05, 0.1) is 19.4 Å². The van der Waals surface area contributed by atoms with Crippen LogP contribution in [0.15, 0.2) is 42.7 Å². The summed E-state index contributed by atoms with van der Waals surface area (Å²) in [6.45, 7) is 2.08. The molecule has 0 fully saturated rings. The zero-order chi connectivity index (χ0) is 14.1. The molecule has 0 radical (unpaired) electrons. The number of aliphatic hydroxyl groups is 1. The number of ether oxygens (including phenoxy) is 1. The van der Waals surface area contributed by atoms with E-state index in [1.54, 1.807) is 7.11 Å². The number of hydrogen-bond donors (Lipinski definition) is 1. The lowest BCUT2D eigenvalue weighted by molar-refractivity contribution is 0.281. The molecule has 0 spiro atoms. The highest BCUT2D eigenvalue weighted by Gasteiger charge is 2.08. The molecule has 102 valence electrons. The largest absolute Gasteiger partial charge is 0.497 e. The molecule has 4 nitrogen and oxygen atoms in total. The second-order valence-corrected chi connectivity index (χ2v) is 4.77. The summed E-state index contributed by atoms with van der Waals surface area (Å²) in [4.78, 5) is 4.62. The second kappa shape index (κ2) is 4.98. The van der Waals surface area contributed by atoms with E-state index in [1.807, 2.05) is 54.0 Å². The summed E-state index contributed by atoms with van der Waals surface area (Å²) in [6.07, 6.45) is 3.87. The molecule has 0 bridgehead atoms. The van der Waals surface area contributed by atoms with Gasteiger partial charge in [0, 0.05) is 18.0 Å². The van der Waals surface area contributed by atoms with Crippen molar-refractivity contribution in [1.29, 1.82) is 0 Å². The predicted octanol–water partition coefficient (Wildman–Crippen LogP) is 2.81. The van der Waals surface area contributed by atoms with Crippen LogP contribution in [-0.2, 0) is 6.61 Å². The molecule has 0 atom stereocenters. The van der Waals surface area contributed by atoms with E-state index in [9.17, 15) is 5.11 Å². The monoisotopic (exact) mass is 268 g/mol. The van der Waals surface area contributed by atoms with Crippen molar-refractivity contribution in [2.24, 2.45) is 0 Å². The van der Waals surface area contributed by atoms with Gasteiger partial charge in [-0.25, -0.2) is 4.98 Å². The van der Waals surface area contributed by atoms with E-state index in [0.29, 0.717) is 0 Å². The minimum absolute atomic E-state index is 0.0328. The minimum Gasteiger partial charge on any atom is -0.497 e. The molecule has 2 aromatic heterocycles. The first kappa shape index (κ1) is 12.7. The SMILES string of the molecule is COc1ccc(-c2cn3cc(CO)ccc3n2)c(C)c1. The first-order valence-electron chi connectivity index (χ1n) is 6.45. The minimum atomic E-state index is 0.0328. The third-order valence-corrected chi connectivity index (χ3v) is 3.40. The Kier molecular flexibility index (Phi) is 3.16. The van der Waals surface area contributed by atoms with Gasteiger partial charge in [-0.15, -0.1) is 0 Å². The van der Waals surface area contributed by atoms with Gasteiger partial charge in [-0.3, -0.25) is 0 Å². The van der Waals surface area contributed by atoms with E-state index in [2.05, 4.69) is 4.98 Å². The van der Waals surface area contributed by atoms with Gasteiger partial charge >= 0.3 is 0 Å². The molecule has 2 heterocycles. The summed E-state index contributed by atoms with van der Waals surface area (Å²) in [6, 6.07) is 9.74. The Morgan fingerprint density at radius 3 is 2.75 bits per heavy atom. The average molecular weight is 268 g/mol. The lowest BCUT2D eigenvalue weighted by Gasteiger charge is -2.05. The van der Waals surface area contributed by atoms with Gasteiger partial charge in [0.1, 0.15) is 11.4 Å². The predicted molar refractivity (Wildman–Crippen MR) is 77.8 cm³/mol. The molecule has 0 aliphatic heterocycles. The Morgan fingerprint density at radius 1 is 1.20 bits per heavy atom. The van der Waals surface area contributed by atoms with Crippen molar-refractivity contribution in [1.82, 2.24) is 9.38 Å². The molecule has 3 aromatic rings. The van der Waals surface area contributed by atoms with E-state index >= 15 is 0 Å².